The van der Waals surface area contributed by atoms with Gasteiger partial charge in [0.2, 0.25) is 5.91 Å². The first kappa shape index (κ1) is 15.8. The zero-order valence-corrected chi connectivity index (χ0v) is 14.6. The van der Waals surface area contributed by atoms with E-state index in [9.17, 15) is 4.79 Å². The molecule has 3 aromatic rings. The molecular weight excluding hydrogens is 316 g/mol. The maximum absolute atomic E-state index is 12.6. The van der Waals surface area contributed by atoms with Crippen LogP contribution in [-0.2, 0) is 24.2 Å². The van der Waals surface area contributed by atoms with Gasteiger partial charge in [-0.3, -0.25) is 4.79 Å². The molecule has 0 spiro atoms. The summed E-state index contributed by atoms with van der Waals surface area (Å²) in [4.78, 5) is 22.4. The Morgan fingerprint density at radius 1 is 1.24 bits per heavy atom. The highest BCUT2D eigenvalue weighted by atomic mass is 16.2. The molecule has 1 aromatic carbocycles. The lowest BCUT2D eigenvalue weighted by Crippen LogP contribution is -2.42. The second kappa shape index (κ2) is 6.31. The summed E-state index contributed by atoms with van der Waals surface area (Å²) in [6, 6.07) is 7.76. The molecule has 25 heavy (non-hydrogen) atoms. The number of H-pyrrole nitrogens is 1. The number of aromatic amines is 1. The van der Waals surface area contributed by atoms with E-state index in [1.807, 2.05) is 40.7 Å². The monoisotopic (exact) mass is 338 g/mol. The van der Waals surface area contributed by atoms with E-state index in [1.165, 1.54) is 0 Å². The van der Waals surface area contributed by atoms with Crippen molar-refractivity contribution < 1.29 is 4.79 Å². The van der Waals surface area contributed by atoms with Crippen LogP contribution in [-0.4, -0.2) is 42.1 Å². The van der Waals surface area contributed by atoms with Crippen LogP contribution < -0.4 is 0 Å². The minimum absolute atomic E-state index is 0.152. The molecule has 3 heterocycles. The van der Waals surface area contributed by atoms with E-state index < -0.39 is 0 Å². The predicted octanol–water partition coefficient (Wildman–Crippen LogP) is 2.25. The number of rotatable bonds is 5. The molecule has 1 N–H and O–H groups in total. The molecule has 130 valence electrons. The summed E-state index contributed by atoms with van der Waals surface area (Å²) < 4.78 is 2.00. The SMILES string of the molecule is CCCN1Cc2nnc(CCc3nc4ccccc4[nH]3)n2[C@H](C)C1=O. The highest BCUT2D eigenvalue weighted by Crippen LogP contribution is 2.23. The van der Waals surface area contributed by atoms with E-state index in [1.54, 1.807) is 0 Å². The zero-order chi connectivity index (χ0) is 17.4. The third kappa shape index (κ3) is 2.79. The summed E-state index contributed by atoms with van der Waals surface area (Å²) in [5.41, 5.74) is 2.01. The molecule has 1 amide bonds. The van der Waals surface area contributed by atoms with Crippen LogP contribution in [0.5, 0.6) is 0 Å². The van der Waals surface area contributed by atoms with Crippen molar-refractivity contribution in [2.75, 3.05) is 6.54 Å². The van der Waals surface area contributed by atoms with Gasteiger partial charge in [0, 0.05) is 19.4 Å². The maximum Gasteiger partial charge on any atom is 0.245 e. The number of carbonyl (C=O) groups excluding carboxylic acids is 1. The quantitative estimate of drug-likeness (QED) is 0.774. The average molecular weight is 338 g/mol. The molecule has 7 nitrogen and oxygen atoms in total. The molecule has 7 heteroatoms. The van der Waals surface area contributed by atoms with Gasteiger partial charge in [0.15, 0.2) is 5.82 Å². The Morgan fingerprint density at radius 3 is 2.88 bits per heavy atom. The third-order valence-electron chi connectivity index (χ3n) is 4.74. The first-order chi connectivity index (χ1) is 12.2. The fourth-order valence-corrected chi connectivity index (χ4v) is 3.52. The Bertz CT molecular complexity index is 878. The van der Waals surface area contributed by atoms with Crippen LogP contribution in [0.25, 0.3) is 11.0 Å². The third-order valence-corrected chi connectivity index (χ3v) is 4.74. The summed E-state index contributed by atoms with van der Waals surface area (Å²) in [6.07, 6.45) is 2.40. The van der Waals surface area contributed by atoms with Crippen LogP contribution in [0.3, 0.4) is 0 Å². The number of aryl methyl sites for hydroxylation is 2. The van der Waals surface area contributed by atoms with Crippen molar-refractivity contribution in [2.45, 2.75) is 45.7 Å². The summed E-state index contributed by atoms with van der Waals surface area (Å²) in [6.45, 7) is 5.33. The van der Waals surface area contributed by atoms with Crippen molar-refractivity contribution in [3.63, 3.8) is 0 Å². The highest BCUT2D eigenvalue weighted by molar-refractivity contribution is 5.81. The summed E-state index contributed by atoms with van der Waals surface area (Å²) in [5.74, 6) is 2.81. The minimum atomic E-state index is -0.240. The van der Waals surface area contributed by atoms with Crippen LogP contribution in [0, 0.1) is 0 Å². The molecule has 2 aromatic heterocycles. The van der Waals surface area contributed by atoms with Gasteiger partial charge in [-0.25, -0.2) is 4.98 Å². The lowest BCUT2D eigenvalue weighted by atomic mass is 10.2. The smallest absolute Gasteiger partial charge is 0.245 e. The standard InChI is InChI=1S/C18H22N6O/c1-3-10-23-11-17-22-21-16(24(17)12(2)18(23)25)9-8-15-19-13-6-4-5-7-14(13)20-15/h4-7,12H,3,8-11H2,1-2H3,(H,19,20)/t12-/m1/s1. The van der Waals surface area contributed by atoms with Crippen LogP contribution in [0.2, 0.25) is 0 Å². The van der Waals surface area contributed by atoms with Gasteiger partial charge >= 0.3 is 0 Å². The number of hydrogen-bond donors (Lipinski definition) is 1. The van der Waals surface area contributed by atoms with E-state index in [4.69, 9.17) is 0 Å². The molecule has 1 aliphatic rings. The van der Waals surface area contributed by atoms with Crippen molar-refractivity contribution >= 4 is 16.9 Å². The second-order valence-electron chi connectivity index (χ2n) is 6.54. The molecule has 0 fully saturated rings. The fourth-order valence-electron chi connectivity index (χ4n) is 3.52. The summed E-state index contributed by atoms with van der Waals surface area (Å²) in [5, 5.41) is 8.66. The number of benzene rings is 1. The second-order valence-corrected chi connectivity index (χ2v) is 6.54. The van der Waals surface area contributed by atoms with Crippen molar-refractivity contribution in [1.29, 1.82) is 0 Å². The highest BCUT2D eigenvalue weighted by Gasteiger charge is 2.32. The Hall–Kier alpha value is -2.70. The lowest BCUT2D eigenvalue weighted by molar-refractivity contribution is -0.137. The molecular formula is C18H22N6O. The Balaban J connectivity index is 1.54. The first-order valence-electron chi connectivity index (χ1n) is 8.82. The summed E-state index contributed by atoms with van der Waals surface area (Å²) in [7, 11) is 0. The van der Waals surface area contributed by atoms with Gasteiger partial charge in [0.1, 0.15) is 17.7 Å². The number of carbonyl (C=O) groups is 1. The Morgan fingerprint density at radius 2 is 2.08 bits per heavy atom. The Labute approximate surface area is 146 Å². The number of amides is 1. The van der Waals surface area contributed by atoms with Crippen molar-refractivity contribution in [2.24, 2.45) is 0 Å². The average Bonchev–Trinajstić information content (AvgIpc) is 3.21. The predicted molar refractivity (Wildman–Crippen MR) is 93.9 cm³/mol. The van der Waals surface area contributed by atoms with Crippen LogP contribution >= 0.6 is 0 Å². The number of nitrogens with zero attached hydrogens (tertiary/aromatic N) is 5. The van der Waals surface area contributed by atoms with Crippen molar-refractivity contribution in [1.82, 2.24) is 29.6 Å². The minimum Gasteiger partial charge on any atom is -0.342 e. The number of fused-ring (bicyclic) bond motifs is 2. The number of imidazole rings is 1. The van der Waals surface area contributed by atoms with Gasteiger partial charge in [-0.15, -0.1) is 10.2 Å². The largest absolute Gasteiger partial charge is 0.342 e. The zero-order valence-electron chi connectivity index (χ0n) is 14.6. The van der Waals surface area contributed by atoms with Gasteiger partial charge in [0.25, 0.3) is 0 Å². The van der Waals surface area contributed by atoms with Gasteiger partial charge in [0.05, 0.1) is 17.6 Å². The molecule has 0 radical (unpaired) electrons. The molecule has 4 rings (SSSR count). The normalized spacial score (nSPS) is 17.3. The Kier molecular flexibility index (Phi) is 3.99. The van der Waals surface area contributed by atoms with Crippen LogP contribution in [0.15, 0.2) is 24.3 Å². The number of hydrogen-bond acceptors (Lipinski definition) is 4. The van der Waals surface area contributed by atoms with Crippen LogP contribution in [0.4, 0.5) is 0 Å². The van der Waals surface area contributed by atoms with E-state index >= 15 is 0 Å². The number of para-hydroxylation sites is 2. The lowest BCUT2D eigenvalue weighted by Gasteiger charge is -2.31. The maximum atomic E-state index is 12.6. The number of nitrogens with one attached hydrogen (secondary N) is 1. The van der Waals surface area contributed by atoms with Crippen molar-refractivity contribution in [3.8, 4) is 0 Å². The summed E-state index contributed by atoms with van der Waals surface area (Å²) >= 11 is 0. The van der Waals surface area contributed by atoms with E-state index in [0.717, 1.165) is 47.9 Å². The van der Waals surface area contributed by atoms with Gasteiger partial charge in [-0.2, -0.15) is 0 Å². The van der Waals surface area contributed by atoms with Crippen LogP contribution in [0.1, 0.15) is 43.8 Å². The number of aromatic nitrogens is 5. The van der Waals surface area contributed by atoms with Gasteiger partial charge < -0.3 is 14.5 Å². The fraction of sp³-hybridized carbons (Fsp3) is 0.444. The molecule has 0 unspecified atom stereocenters. The van der Waals surface area contributed by atoms with E-state index in [0.29, 0.717) is 13.0 Å². The first-order valence-corrected chi connectivity index (χ1v) is 8.82. The molecule has 0 aliphatic carbocycles. The topological polar surface area (TPSA) is 79.7 Å². The van der Waals surface area contributed by atoms with Crippen molar-refractivity contribution in [3.05, 3.63) is 41.7 Å². The molecule has 0 bridgehead atoms. The van der Waals surface area contributed by atoms with E-state index in [-0.39, 0.29) is 11.9 Å². The molecule has 1 atom stereocenters. The van der Waals surface area contributed by atoms with Gasteiger partial charge in [-0.1, -0.05) is 19.1 Å². The molecule has 1 aliphatic heterocycles. The van der Waals surface area contributed by atoms with E-state index in [2.05, 4.69) is 27.1 Å². The van der Waals surface area contributed by atoms with Gasteiger partial charge in [-0.05, 0) is 25.5 Å². The molecule has 0 saturated carbocycles. The molecule has 0 saturated heterocycles.